The van der Waals surface area contributed by atoms with Gasteiger partial charge < -0.3 is 10.1 Å². The van der Waals surface area contributed by atoms with E-state index in [2.05, 4.69) is 17.4 Å². The second-order valence-electron chi connectivity index (χ2n) is 6.39. The molecule has 0 radical (unpaired) electrons. The molecule has 1 aromatic carbocycles. The number of nitrogens with one attached hydrogen (secondary N) is 1. The maximum absolute atomic E-state index is 6.21. The molecular formula is C17H24ClNO. The number of halogens is 1. The summed E-state index contributed by atoms with van der Waals surface area (Å²) in [6.07, 6.45) is 8.72. The van der Waals surface area contributed by atoms with Crippen LogP contribution in [0.1, 0.15) is 50.5 Å². The van der Waals surface area contributed by atoms with Gasteiger partial charge in [-0.15, -0.1) is 0 Å². The molecule has 1 aliphatic heterocycles. The molecule has 1 unspecified atom stereocenters. The summed E-state index contributed by atoms with van der Waals surface area (Å²) in [4.78, 5) is 0. The van der Waals surface area contributed by atoms with Crippen molar-refractivity contribution in [1.82, 2.24) is 0 Å². The first-order chi connectivity index (χ1) is 9.67. The Morgan fingerprint density at radius 3 is 2.80 bits per heavy atom. The summed E-state index contributed by atoms with van der Waals surface area (Å²) >= 11 is 6.21. The number of aryl methyl sites for hydroxylation is 1. The quantitative estimate of drug-likeness (QED) is 0.833. The van der Waals surface area contributed by atoms with Gasteiger partial charge in [0.1, 0.15) is 0 Å². The van der Waals surface area contributed by atoms with Gasteiger partial charge in [-0.3, -0.25) is 0 Å². The van der Waals surface area contributed by atoms with E-state index >= 15 is 0 Å². The second kappa shape index (κ2) is 5.95. The van der Waals surface area contributed by atoms with E-state index in [0.717, 1.165) is 35.7 Å². The van der Waals surface area contributed by atoms with E-state index in [1.54, 1.807) is 0 Å². The second-order valence-corrected chi connectivity index (χ2v) is 6.80. The van der Waals surface area contributed by atoms with E-state index in [1.807, 2.05) is 13.0 Å². The molecule has 3 rings (SSSR count). The van der Waals surface area contributed by atoms with Crippen LogP contribution in [-0.2, 0) is 4.74 Å². The molecule has 1 spiro atoms. The lowest BCUT2D eigenvalue weighted by Crippen LogP contribution is -2.45. The van der Waals surface area contributed by atoms with Crippen molar-refractivity contribution in [1.29, 1.82) is 0 Å². The smallest absolute Gasteiger partial charge is 0.0702 e. The first kappa shape index (κ1) is 14.2. The molecule has 1 aliphatic carbocycles. The molecular weight excluding hydrogens is 270 g/mol. The Morgan fingerprint density at radius 1 is 1.25 bits per heavy atom. The summed E-state index contributed by atoms with van der Waals surface area (Å²) in [7, 11) is 0. The van der Waals surface area contributed by atoms with E-state index in [0.29, 0.717) is 6.04 Å². The Labute approximate surface area is 126 Å². The fourth-order valence-corrected chi connectivity index (χ4v) is 3.79. The van der Waals surface area contributed by atoms with Crippen LogP contribution in [0.25, 0.3) is 0 Å². The zero-order valence-corrected chi connectivity index (χ0v) is 13.0. The van der Waals surface area contributed by atoms with Crippen LogP contribution in [0.4, 0.5) is 5.69 Å². The Bertz CT molecular complexity index is 463. The molecule has 0 aromatic heterocycles. The lowest BCUT2D eigenvalue weighted by molar-refractivity contribution is -0.103. The molecule has 110 valence electrons. The molecule has 2 aliphatic rings. The largest absolute Gasteiger partial charge is 0.382 e. The summed E-state index contributed by atoms with van der Waals surface area (Å²) in [6, 6.07) is 6.77. The zero-order valence-electron chi connectivity index (χ0n) is 12.3. The van der Waals surface area contributed by atoms with Gasteiger partial charge in [-0.2, -0.15) is 0 Å². The van der Waals surface area contributed by atoms with E-state index in [4.69, 9.17) is 16.3 Å². The Balaban J connectivity index is 1.66. The molecule has 20 heavy (non-hydrogen) atoms. The lowest BCUT2D eigenvalue weighted by atomic mass is 9.78. The molecule has 1 N–H and O–H groups in total. The molecule has 0 bridgehead atoms. The van der Waals surface area contributed by atoms with Crippen LogP contribution in [-0.4, -0.2) is 18.2 Å². The van der Waals surface area contributed by atoms with Crippen LogP contribution in [0.5, 0.6) is 0 Å². The van der Waals surface area contributed by atoms with E-state index in [-0.39, 0.29) is 5.60 Å². The zero-order chi connectivity index (χ0) is 14.0. The fourth-order valence-electron chi connectivity index (χ4n) is 3.61. The minimum absolute atomic E-state index is 0.155. The third-order valence-electron chi connectivity index (χ3n) is 4.80. The van der Waals surface area contributed by atoms with Crippen LogP contribution >= 0.6 is 11.6 Å². The Kier molecular flexibility index (Phi) is 4.23. The Morgan fingerprint density at radius 2 is 2.05 bits per heavy atom. The van der Waals surface area contributed by atoms with Crippen molar-refractivity contribution in [2.75, 3.05) is 11.9 Å². The third kappa shape index (κ3) is 3.12. The molecule has 1 saturated heterocycles. The summed E-state index contributed by atoms with van der Waals surface area (Å²) in [5.74, 6) is 0. The average Bonchev–Trinajstić information content (AvgIpc) is 2.44. The number of rotatable bonds is 2. The monoisotopic (exact) mass is 293 g/mol. The highest BCUT2D eigenvalue weighted by atomic mass is 35.5. The van der Waals surface area contributed by atoms with E-state index in [1.165, 1.54) is 32.1 Å². The van der Waals surface area contributed by atoms with E-state index < -0.39 is 0 Å². The summed E-state index contributed by atoms with van der Waals surface area (Å²) in [6.45, 7) is 2.93. The minimum Gasteiger partial charge on any atom is -0.382 e. The van der Waals surface area contributed by atoms with Crippen molar-refractivity contribution in [3.8, 4) is 0 Å². The van der Waals surface area contributed by atoms with E-state index in [9.17, 15) is 0 Å². The van der Waals surface area contributed by atoms with Crippen molar-refractivity contribution < 1.29 is 4.74 Å². The number of ether oxygens (including phenoxy) is 1. The van der Waals surface area contributed by atoms with Gasteiger partial charge in [0.15, 0.2) is 0 Å². The normalized spacial score (nSPS) is 25.6. The molecule has 1 saturated carbocycles. The highest BCUT2D eigenvalue weighted by Crippen LogP contribution is 2.39. The number of anilines is 1. The number of benzene rings is 1. The van der Waals surface area contributed by atoms with Crippen molar-refractivity contribution >= 4 is 17.3 Å². The van der Waals surface area contributed by atoms with Gasteiger partial charge in [0, 0.05) is 23.4 Å². The molecule has 2 fully saturated rings. The average molecular weight is 294 g/mol. The van der Waals surface area contributed by atoms with Crippen molar-refractivity contribution in [2.24, 2.45) is 0 Å². The third-order valence-corrected chi connectivity index (χ3v) is 5.21. The first-order valence-corrected chi connectivity index (χ1v) is 8.21. The summed E-state index contributed by atoms with van der Waals surface area (Å²) in [5, 5.41) is 4.50. The maximum Gasteiger partial charge on any atom is 0.0702 e. The van der Waals surface area contributed by atoms with Gasteiger partial charge in [-0.05, 0) is 50.3 Å². The SMILES string of the molecule is Cc1ccc(NC2CCOC3(CCCCC3)C2)cc1Cl. The highest BCUT2D eigenvalue weighted by molar-refractivity contribution is 6.31. The van der Waals surface area contributed by atoms with Crippen LogP contribution < -0.4 is 5.32 Å². The lowest BCUT2D eigenvalue weighted by Gasteiger charge is -2.44. The van der Waals surface area contributed by atoms with Gasteiger partial charge in [0.2, 0.25) is 0 Å². The summed E-state index contributed by atoms with van der Waals surface area (Å²) < 4.78 is 6.15. The standard InChI is InChI=1S/C17H24ClNO/c1-13-5-6-14(11-16(13)18)19-15-7-10-20-17(12-15)8-3-2-4-9-17/h5-6,11,15,19H,2-4,7-10,12H2,1H3. The Hall–Kier alpha value is -0.730. The van der Waals surface area contributed by atoms with Crippen molar-refractivity contribution in [2.45, 2.75) is 63.5 Å². The minimum atomic E-state index is 0.155. The summed E-state index contributed by atoms with van der Waals surface area (Å²) in [5.41, 5.74) is 2.43. The van der Waals surface area contributed by atoms with Crippen LogP contribution in [0.2, 0.25) is 5.02 Å². The van der Waals surface area contributed by atoms with Crippen LogP contribution in [0, 0.1) is 6.92 Å². The molecule has 3 heteroatoms. The van der Waals surface area contributed by atoms with Gasteiger partial charge >= 0.3 is 0 Å². The fraction of sp³-hybridized carbons (Fsp3) is 0.647. The molecule has 1 aromatic rings. The van der Waals surface area contributed by atoms with Crippen molar-refractivity contribution in [3.63, 3.8) is 0 Å². The van der Waals surface area contributed by atoms with Gasteiger partial charge in [-0.1, -0.05) is 36.9 Å². The van der Waals surface area contributed by atoms with Gasteiger partial charge in [0.05, 0.1) is 5.60 Å². The molecule has 1 heterocycles. The predicted molar refractivity (Wildman–Crippen MR) is 84.6 cm³/mol. The number of hydrogen-bond donors (Lipinski definition) is 1. The van der Waals surface area contributed by atoms with Gasteiger partial charge in [0.25, 0.3) is 0 Å². The van der Waals surface area contributed by atoms with Crippen LogP contribution in [0.3, 0.4) is 0 Å². The molecule has 0 amide bonds. The highest BCUT2D eigenvalue weighted by Gasteiger charge is 2.38. The van der Waals surface area contributed by atoms with Gasteiger partial charge in [-0.25, -0.2) is 0 Å². The maximum atomic E-state index is 6.21. The van der Waals surface area contributed by atoms with Crippen LogP contribution in [0.15, 0.2) is 18.2 Å². The van der Waals surface area contributed by atoms with Crippen molar-refractivity contribution in [3.05, 3.63) is 28.8 Å². The topological polar surface area (TPSA) is 21.3 Å². The molecule has 2 nitrogen and oxygen atoms in total. The number of hydrogen-bond acceptors (Lipinski definition) is 2. The predicted octanol–water partition coefficient (Wildman–Crippen LogP) is 4.94. The first-order valence-electron chi connectivity index (χ1n) is 7.84. The molecule has 1 atom stereocenters.